The number of rotatable bonds is 2. The van der Waals surface area contributed by atoms with Crippen molar-refractivity contribution in [3.05, 3.63) is 24.3 Å². The van der Waals surface area contributed by atoms with E-state index in [1.165, 1.54) is 12.1 Å². The van der Waals surface area contributed by atoms with E-state index in [1.54, 1.807) is 12.1 Å². The van der Waals surface area contributed by atoms with Crippen LogP contribution >= 0.6 is 7.60 Å². The highest BCUT2D eigenvalue weighted by molar-refractivity contribution is 7.52. The van der Waals surface area contributed by atoms with Crippen LogP contribution in [0.3, 0.4) is 0 Å². The standard InChI is InChI=1S/C7H9O4P/c1-12(9,10)11-7-5-3-2-4-6(7)8/h2-5,8H,1H3,(H,9,10). The molecule has 1 unspecified atom stereocenters. The Morgan fingerprint density at radius 3 is 2.50 bits per heavy atom. The molecule has 0 spiro atoms. The lowest BCUT2D eigenvalue weighted by atomic mass is 10.3. The van der Waals surface area contributed by atoms with Crippen LogP contribution in [0.25, 0.3) is 0 Å². The van der Waals surface area contributed by atoms with Crippen LogP contribution in [0.4, 0.5) is 0 Å². The zero-order chi connectivity index (χ0) is 9.19. The predicted molar refractivity (Wildman–Crippen MR) is 44.5 cm³/mol. The Balaban J connectivity index is 2.90. The van der Waals surface area contributed by atoms with Gasteiger partial charge in [-0.2, -0.15) is 0 Å². The van der Waals surface area contributed by atoms with E-state index in [1.807, 2.05) is 0 Å². The van der Waals surface area contributed by atoms with Crippen molar-refractivity contribution in [2.45, 2.75) is 0 Å². The summed E-state index contributed by atoms with van der Waals surface area (Å²) in [4.78, 5) is 8.82. The molecule has 0 saturated heterocycles. The summed E-state index contributed by atoms with van der Waals surface area (Å²) in [6.07, 6.45) is 0. The molecule has 0 aromatic heterocycles. The minimum Gasteiger partial charge on any atom is -0.504 e. The lowest BCUT2D eigenvalue weighted by molar-refractivity contribution is 0.371. The Hall–Kier alpha value is -0.990. The van der Waals surface area contributed by atoms with Gasteiger partial charge in [0, 0.05) is 6.66 Å². The molecule has 0 bridgehead atoms. The van der Waals surface area contributed by atoms with Gasteiger partial charge >= 0.3 is 7.60 Å². The van der Waals surface area contributed by atoms with E-state index in [-0.39, 0.29) is 11.5 Å². The molecule has 2 N–H and O–H groups in total. The number of benzene rings is 1. The Kier molecular flexibility index (Phi) is 2.40. The van der Waals surface area contributed by atoms with E-state index in [0.29, 0.717) is 0 Å². The summed E-state index contributed by atoms with van der Waals surface area (Å²) in [5, 5.41) is 9.12. The fraction of sp³-hybridized carbons (Fsp3) is 0.143. The third-order valence-corrected chi connectivity index (χ3v) is 1.67. The molecule has 1 aromatic carbocycles. The third kappa shape index (κ3) is 2.57. The minimum absolute atomic E-state index is 0.0193. The Bertz CT molecular complexity index is 317. The first-order chi connectivity index (χ1) is 5.49. The maximum absolute atomic E-state index is 10.8. The van der Waals surface area contributed by atoms with Crippen molar-refractivity contribution in [2.75, 3.05) is 6.66 Å². The number of hydrogen-bond donors (Lipinski definition) is 2. The molecule has 0 aliphatic carbocycles. The Labute approximate surface area is 70.0 Å². The van der Waals surface area contributed by atoms with Crippen LogP contribution < -0.4 is 4.52 Å². The van der Waals surface area contributed by atoms with Crippen LogP contribution in [0, 0.1) is 0 Å². The van der Waals surface area contributed by atoms with Gasteiger partial charge in [-0.05, 0) is 12.1 Å². The van der Waals surface area contributed by atoms with Gasteiger partial charge < -0.3 is 14.5 Å². The molecule has 0 aliphatic heterocycles. The van der Waals surface area contributed by atoms with Crippen LogP contribution in [0.1, 0.15) is 0 Å². The molecule has 5 heteroatoms. The van der Waals surface area contributed by atoms with Crippen molar-refractivity contribution in [2.24, 2.45) is 0 Å². The summed E-state index contributed by atoms with van der Waals surface area (Å²) in [6.45, 7) is 1.06. The molecular weight excluding hydrogens is 179 g/mol. The van der Waals surface area contributed by atoms with Crippen LogP contribution in [-0.2, 0) is 4.57 Å². The zero-order valence-corrected chi connectivity index (χ0v) is 7.36. The van der Waals surface area contributed by atoms with Gasteiger partial charge in [-0.15, -0.1) is 0 Å². The summed E-state index contributed by atoms with van der Waals surface area (Å²) >= 11 is 0. The molecule has 1 atom stereocenters. The average Bonchev–Trinajstić information content (AvgIpc) is 1.91. The molecule has 0 aliphatic rings. The van der Waals surface area contributed by atoms with Crippen LogP contribution in [-0.4, -0.2) is 16.7 Å². The topological polar surface area (TPSA) is 66.8 Å². The SMILES string of the molecule is CP(=O)(O)Oc1ccccc1O. The molecule has 12 heavy (non-hydrogen) atoms. The van der Waals surface area contributed by atoms with Gasteiger partial charge in [0.25, 0.3) is 0 Å². The largest absolute Gasteiger partial charge is 0.504 e. The van der Waals surface area contributed by atoms with E-state index in [0.717, 1.165) is 6.66 Å². The minimum atomic E-state index is -3.57. The smallest absolute Gasteiger partial charge is 0.373 e. The first-order valence-corrected chi connectivity index (χ1v) is 5.29. The molecule has 1 aromatic rings. The van der Waals surface area contributed by atoms with Gasteiger partial charge in [0.15, 0.2) is 11.5 Å². The summed E-state index contributed by atoms with van der Waals surface area (Å²) in [7, 11) is -3.57. The van der Waals surface area contributed by atoms with Crippen molar-refractivity contribution in [3.63, 3.8) is 0 Å². The van der Waals surface area contributed by atoms with E-state index in [2.05, 4.69) is 4.52 Å². The predicted octanol–water partition coefficient (Wildman–Crippen LogP) is 1.59. The van der Waals surface area contributed by atoms with Gasteiger partial charge in [-0.25, -0.2) is 4.57 Å². The number of aromatic hydroxyl groups is 1. The van der Waals surface area contributed by atoms with E-state index in [9.17, 15) is 4.57 Å². The molecule has 1 rings (SSSR count). The fourth-order valence-corrected chi connectivity index (χ4v) is 1.24. The van der Waals surface area contributed by atoms with Gasteiger partial charge in [0.1, 0.15) is 0 Å². The third-order valence-electron chi connectivity index (χ3n) is 1.13. The van der Waals surface area contributed by atoms with Gasteiger partial charge in [0.2, 0.25) is 0 Å². The maximum atomic E-state index is 10.8. The molecule has 0 amide bonds. The molecule has 0 radical (unpaired) electrons. The highest BCUT2D eigenvalue weighted by Gasteiger charge is 2.13. The summed E-state index contributed by atoms with van der Waals surface area (Å²) in [6, 6.07) is 6.00. The number of phenolic OH excluding ortho intramolecular Hbond substituents is 1. The van der Waals surface area contributed by atoms with Crippen LogP contribution in [0.2, 0.25) is 0 Å². The van der Waals surface area contributed by atoms with Crippen molar-refractivity contribution in [1.29, 1.82) is 0 Å². The summed E-state index contributed by atoms with van der Waals surface area (Å²) in [5.74, 6) is -0.126. The van der Waals surface area contributed by atoms with Crippen LogP contribution in [0.15, 0.2) is 24.3 Å². The average molecular weight is 188 g/mol. The number of hydrogen-bond acceptors (Lipinski definition) is 3. The second-order valence-corrected chi connectivity index (χ2v) is 4.15. The Morgan fingerprint density at radius 1 is 1.42 bits per heavy atom. The van der Waals surface area contributed by atoms with Crippen molar-refractivity contribution in [1.82, 2.24) is 0 Å². The number of para-hydroxylation sites is 2. The fourth-order valence-electron chi connectivity index (χ4n) is 0.717. The summed E-state index contributed by atoms with van der Waals surface area (Å²) in [5.41, 5.74) is 0. The zero-order valence-electron chi connectivity index (χ0n) is 6.47. The monoisotopic (exact) mass is 188 g/mol. The molecule has 0 saturated carbocycles. The normalized spacial score (nSPS) is 15.2. The van der Waals surface area contributed by atoms with Crippen molar-refractivity contribution < 1.29 is 19.1 Å². The van der Waals surface area contributed by atoms with Crippen molar-refractivity contribution >= 4 is 7.60 Å². The molecule has 4 nitrogen and oxygen atoms in total. The summed E-state index contributed by atoms with van der Waals surface area (Å²) < 4.78 is 15.4. The lowest BCUT2D eigenvalue weighted by Gasteiger charge is -2.08. The first kappa shape index (κ1) is 9.10. The number of phenols is 1. The highest BCUT2D eigenvalue weighted by atomic mass is 31.2. The van der Waals surface area contributed by atoms with E-state index in [4.69, 9.17) is 10.00 Å². The van der Waals surface area contributed by atoms with Crippen molar-refractivity contribution in [3.8, 4) is 11.5 Å². The maximum Gasteiger partial charge on any atom is 0.373 e. The highest BCUT2D eigenvalue weighted by Crippen LogP contribution is 2.41. The molecule has 66 valence electrons. The second kappa shape index (κ2) is 3.17. The van der Waals surface area contributed by atoms with E-state index < -0.39 is 7.60 Å². The quantitative estimate of drug-likeness (QED) is 0.691. The molecule has 0 fully saturated rings. The van der Waals surface area contributed by atoms with Gasteiger partial charge in [-0.1, -0.05) is 12.1 Å². The second-order valence-electron chi connectivity index (χ2n) is 2.36. The van der Waals surface area contributed by atoms with Crippen LogP contribution in [0.5, 0.6) is 11.5 Å². The molecular formula is C7H9O4P. The molecule has 0 heterocycles. The van der Waals surface area contributed by atoms with Gasteiger partial charge in [0.05, 0.1) is 0 Å². The lowest BCUT2D eigenvalue weighted by Crippen LogP contribution is -1.89. The Morgan fingerprint density at radius 2 is 2.00 bits per heavy atom. The first-order valence-electron chi connectivity index (χ1n) is 3.27. The van der Waals surface area contributed by atoms with E-state index >= 15 is 0 Å². The van der Waals surface area contributed by atoms with Gasteiger partial charge in [-0.3, -0.25) is 0 Å².